The number of hydrogen-bond donors (Lipinski definition) is 0. The summed E-state index contributed by atoms with van der Waals surface area (Å²) in [5.74, 6) is 0.797. The van der Waals surface area contributed by atoms with E-state index in [0.717, 1.165) is 18.6 Å². The second kappa shape index (κ2) is 7.43. The number of carbonyl (C=O) groups is 2. The van der Waals surface area contributed by atoms with E-state index < -0.39 is 0 Å². The first-order valence-corrected chi connectivity index (χ1v) is 8.93. The number of hydrogen-bond acceptors (Lipinski definition) is 3. The normalized spacial score (nSPS) is 22.1. The number of carbonyl (C=O) groups excluding carboxylic acids is 2. The largest absolute Gasteiger partial charge is 0.490 e. The highest BCUT2D eigenvalue weighted by molar-refractivity contribution is 6.30. The fourth-order valence-electron chi connectivity index (χ4n) is 3.43. The van der Waals surface area contributed by atoms with Crippen LogP contribution < -0.4 is 4.74 Å². The van der Waals surface area contributed by atoms with Crippen molar-refractivity contribution >= 4 is 23.4 Å². The van der Waals surface area contributed by atoms with Crippen LogP contribution in [0, 0.1) is 5.92 Å². The molecule has 2 fully saturated rings. The number of benzene rings is 1. The average Bonchev–Trinajstić information content (AvgIpc) is 2.96. The molecule has 0 aliphatic carbocycles. The van der Waals surface area contributed by atoms with Crippen LogP contribution in [0.4, 0.5) is 0 Å². The van der Waals surface area contributed by atoms with Crippen LogP contribution >= 0.6 is 11.6 Å². The third kappa shape index (κ3) is 3.83. The zero-order chi connectivity index (χ0) is 17.1. The van der Waals surface area contributed by atoms with Gasteiger partial charge in [0.25, 0.3) is 0 Å². The lowest BCUT2D eigenvalue weighted by Gasteiger charge is -2.33. The molecule has 2 aliphatic rings. The van der Waals surface area contributed by atoms with Crippen molar-refractivity contribution in [2.24, 2.45) is 5.92 Å². The van der Waals surface area contributed by atoms with Gasteiger partial charge >= 0.3 is 0 Å². The maximum atomic E-state index is 12.6. The maximum absolute atomic E-state index is 12.6. The predicted octanol–water partition coefficient (Wildman–Crippen LogP) is 2.58. The lowest BCUT2D eigenvalue weighted by atomic mass is 10.0. The average molecular weight is 351 g/mol. The van der Waals surface area contributed by atoms with E-state index >= 15 is 0 Å². The molecule has 1 aromatic rings. The van der Waals surface area contributed by atoms with Crippen LogP contribution in [0.1, 0.15) is 26.2 Å². The molecule has 2 heterocycles. The van der Waals surface area contributed by atoms with Crippen molar-refractivity contribution in [1.82, 2.24) is 9.80 Å². The van der Waals surface area contributed by atoms with Crippen LogP contribution in [-0.4, -0.2) is 53.9 Å². The number of rotatable bonds is 4. The highest BCUT2D eigenvalue weighted by Gasteiger charge is 2.36. The first-order chi connectivity index (χ1) is 11.6. The molecule has 6 heteroatoms. The van der Waals surface area contributed by atoms with Gasteiger partial charge in [-0.05, 0) is 25.1 Å². The van der Waals surface area contributed by atoms with Crippen molar-refractivity contribution in [2.75, 3.05) is 26.2 Å². The highest BCUT2D eigenvalue weighted by atomic mass is 35.5. The lowest BCUT2D eigenvalue weighted by molar-refractivity contribution is -0.137. The molecule has 0 unspecified atom stereocenters. The molecule has 130 valence electrons. The molecule has 0 radical (unpaired) electrons. The summed E-state index contributed by atoms with van der Waals surface area (Å²) in [5.41, 5.74) is 0. The summed E-state index contributed by atoms with van der Waals surface area (Å²) in [5, 5.41) is 0.659. The molecule has 2 amide bonds. The number of likely N-dealkylation sites (tertiary alicyclic amines) is 2. The summed E-state index contributed by atoms with van der Waals surface area (Å²) in [7, 11) is 0. The van der Waals surface area contributed by atoms with Crippen LogP contribution in [-0.2, 0) is 9.59 Å². The van der Waals surface area contributed by atoms with E-state index in [1.807, 2.05) is 36.1 Å². The van der Waals surface area contributed by atoms with Gasteiger partial charge in [0.2, 0.25) is 11.8 Å². The van der Waals surface area contributed by atoms with E-state index in [4.69, 9.17) is 16.3 Å². The smallest absolute Gasteiger partial charge is 0.227 e. The molecule has 2 aliphatic heterocycles. The summed E-state index contributed by atoms with van der Waals surface area (Å²) in [6.07, 6.45) is 2.06. The molecule has 0 aromatic heterocycles. The standard InChI is InChI=1S/C18H23ClN2O3/c1-2-20-12-13(10-17(20)22)18(23)21-8-6-15(7-9-21)24-16-5-3-4-14(19)11-16/h3-5,11,13,15H,2,6-10,12H2,1H3/t13-/m0/s1. The Kier molecular flexibility index (Phi) is 5.29. The molecule has 5 nitrogen and oxygen atoms in total. The molecular weight excluding hydrogens is 328 g/mol. The molecule has 24 heavy (non-hydrogen) atoms. The van der Waals surface area contributed by atoms with Gasteiger partial charge in [-0.25, -0.2) is 0 Å². The van der Waals surface area contributed by atoms with Crippen LogP contribution in [0.3, 0.4) is 0 Å². The summed E-state index contributed by atoms with van der Waals surface area (Å²) in [6.45, 7) is 4.55. The predicted molar refractivity (Wildman–Crippen MR) is 92.0 cm³/mol. The van der Waals surface area contributed by atoms with Crippen molar-refractivity contribution in [1.29, 1.82) is 0 Å². The molecule has 0 N–H and O–H groups in total. The minimum absolute atomic E-state index is 0.0926. The Morgan fingerprint density at radius 2 is 2.08 bits per heavy atom. The van der Waals surface area contributed by atoms with E-state index in [1.165, 1.54) is 0 Å². The number of nitrogens with zero attached hydrogens (tertiary/aromatic N) is 2. The quantitative estimate of drug-likeness (QED) is 0.838. The Hall–Kier alpha value is -1.75. The van der Waals surface area contributed by atoms with Gasteiger partial charge in [0.15, 0.2) is 0 Å². The van der Waals surface area contributed by atoms with Gasteiger partial charge in [-0.1, -0.05) is 17.7 Å². The first-order valence-electron chi connectivity index (χ1n) is 8.55. The minimum Gasteiger partial charge on any atom is -0.490 e. The van der Waals surface area contributed by atoms with Gasteiger partial charge in [-0.2, -0.15) is 0 Å². The summed E-state index contributed by atoms with van der Waals surface area (Å²) in [4.78, 5) is 28.1. The number of piperidine rings is 1. The van der Waals surface area contributed by atoms with Crippen molar-refractivity contribution in [2.45, 2.75) is 32.3 Å². The van der Waals surface area contributed by atoms with Crippen LogP contribution in [0.25, 0.3) is 0 Å². The third-order valence-electron chi connectivity index (χ3n) is 4.80. The minimum atomic E-state index is -0.178. The van der Waals surface area contributed by atoms with Gasteiger partial charge in [0.05, 0.1) is 5.92 Å². The van der Waals surface area contributed by atoms with Gasteiger partial charge in [0, 0.05) is 50.5 Å². The Morgan fingerprint density at radius 1 is 1.33 bits per heavy atom. The van der Waals surface area contributed by atoms with Gasteiger partial charge in [-0.3, -0.25) is 9.59 Å². The van der Waals surface area contributed by atoms with Gasteiger partial charge in [0.1, 0.15) is 11.9 Å². The van der Waals surface area contributed by atoms with E-state index in [-0.39, 0.29) is 23.8 Å². The molecule has 0 bridgehead atoms. The molecule has 0 saturated carbocycles. The molecule has 0 spiro atoms. The van der Waals surface area contributed by atoms with Crippen LogP contribution in [0.15, 0.2) is 24.3 Å². The number of amides is 2. The van der Waals surface area contributed by atoms with Crippen LogP contribution in [0.5, 0.6) is 5.75 Å². The number of ether oxygens (including phenoxy) is 1. The van der Waals surface area contributed by atoms with Crippen molar-refractivity contribution in [3.05, 3.63) is 29.3 Å². The fraction of sp³-hybridized carbons (Fsp3) is 0.556. The van der Waals surface area contributed by atoms with E-state index in [1.54, 1.807) is 4.90 Å². The Balaban J connectivity index is 1.50. The second-order valence-electron chi connectivity index (χ2n) is 6.43. The summed E-state index contributed by atoms with van der Waals surface area (Å²) in [6, 6.07) is 7.39. The molecule has 3 rings (SSSR count). The monoisotopic (exact) mass is 350 g/mol. The van der Waals surface area contributed by atoms with Crippen molar-refractivity contribution < 1.29 is 14.3 Å². The Morgan fingerprint density at radius 3 is 2.71 bits per heavy atom. The highest BCUT2D eigenvalue weighted by Crippen LogP contribution is 2.25. The number of halogens is 1. The zero-order valence-corrected chi connectivity index (χ0v) is 14.7. The Bertz CT molecular complexity index is 614. The lowest BCUT2D eigenvalue weighted by Crippen LogP contribution is -2.44. The molecule has 1 atom stereocenters. The summed E-state index contributed by atoms with van der Waals surface area (Å²) >= 11 is 5.97. The molecule has 2 saturated heterocycles. The van der Waals surface area contributed by atoms with Gasteiger partial charge < -0.3 is 14.5 Å². The molecular formula is C18H23ClN2O3. The topological polar surface area (TPSA) is 49.9 Å². The first kappa shape index (κ1) is 17.1. The van der Waals surface area contributed by atoms with Crippen LogP contribution in [0.2, 0.25) is 5.02 Å². The zero-order valence-electron chi connectivity index (χ0n) is 13.9. The van der Waals surface area contributed by atoms with Gasteiger partial charge in [-0.15, -0.1) is 0 Å². The van der Waals surface area contributed by atoms with E-state index in [0.29, 0.717) is 37.6 Å². The van der Waals surface area contributed by atoms with Crippen molar-refractivity contribution in [3.63, 3.8) is 0 Å². The van der Waals surface area contributed by atoms with E-state index in [9.17, 15) is 9.59 Å². The SMILES string of the molecule is CCN1C[C@@H](C(=O)N2CCC(Oc3cccc(Cl)c3)CC2)CC1=O. The maximum Gasteiger partial charge on any atom is 0.227 e. The fourth-order valence-corrected chi connectivity index (χ4v) is 3.61. The second-order valence-corrected chi connectivity index (χ2v) is 6.87. The Labute approximate surface area is 147 Å². The molecule has 1 aromatic carbocycles. The third-order valence-corrected chi connectivity index (χ3v) is 5.03. The van der Waals surface area contributed by atoms with E-state index in [2.05, 4.69) is 0 Å². The summed E-state index contributed by atoms with van der Waals surface area (Å²) < 4.78 is 5.96. The van der Waals surface area contributed by atoms with Crippen molar-refractivity contribution in [3.8, 4) is 5.75 Å².